The molecule has 13 nitrogen and oxygen atoms in total. The third-order valence-corrected chi connectivity index (χ3v) is 12.0. The van der Waals surface area contributed by atoms with Crippen molar-refractivity contribution < 1.29 is 23.7 Å². The first-order valence-electron chi connectivity index (χ1n) is 21.7. The Morgan fingerprint density at radius 1 is 0.569 bits per heavy atom. The highest BCUT2D eigenvalue weighted by Crippen LogP contribution is 2.37. The lowest BCUT2D eigenvalue weighted by Gasteiger charge is -2.26. The van der Waals surface area contributed by atoms with Crippen molar-refractivity contribution in [2.45, 2.75) is 6.92 Å². The molecule has 0 aliphatic carbocycles. The van der Waals surface area contributed by atoms with E-state index >= 15 is 0 Å². The molecule has 0 spiro atoms. The monoisotopic (exact) mass is 912 g/mol. The van der Waals surface area contributed by atoms with Gasteiger partial charge in [0.05, 0.1) is 54.6 Å². The van der Waals surface area contributed by atoms with Crippen molar-refractivity contribution in [1.82, 2.24) is 39.7 Å². The van der Waals surface area contributed by atoms with Crippen LogP contribution in [0, 0.1) is 6.92 Å². The fourth-order valence-corrected chi connectivity index (χ4v) is 8.36. The van der Waals surface area contributed by atoms with Crippen LogP contribution in [0.25, 0.3) is 67.4 Å². The number of rotatable bonds is 13. The number of H-pyrrole nitrogens is 2. The summed E-state index contributed by atoms with van der Waals surface area (Å²) in [7, 11) is 1.65. The number of aryl methyl sites for hydroxylation is 1. The molecule has 2 N–H and O–H groups in total. The van der Waals surface area contributed by atoms with Crippen molar-refractivity contribution in [1.29, 1.82) is 0 Å². The number of pyridine rings is 2. The number of methoxy groups -OCH3 is 1. The van der Waals surface area contributed by atoms with Gasteiger partial charge in [0.1, 0.15) is 42.1 Å². The van der Waals surface area contributed by atoms with Gasteiger partial charge in [-0.25, -0.2) is 19.9 Å². The number of imidazole rings is 2. The van der Waals surface area contributed by atoms with Crippen LogP contribution in [0.2, 0.25) is 10.0 Å². The number of aromatic nitrogens is 6. The fraction of sp³-hybridized carbons (Fsp3) is 0.280. The number of nitrogens with zero attached hydrogens (tertiary/aromatic N) is 6. The molecule has 0 unspecified atom stereocenters. The van der Waals surface area contributed by atoms with E-state index in [9.17, 15) is 0 Å². The molecule has 2 saturated heterocycles. The Hall–Kier alpha value is -6.06. The van der Waals surface area contributed by atoms with Gasteiger partial charge < -0.3 is 33.7 Å². The molecule has 8 aromatic rings. The van der Waals surface area contributed by atoms with Crippen LogP contribution in [0.1, 0.15) is 5.56 Å². The van der Waals surface area contributed by atoms with Gasteiger partial charge in [-0.05, 0) is 78.7 Å². The van der Waals surface area contributed by atoms with Crippen LogP contribution in [-0.2, 0) is 9.47 Å². The Balaban J connectivity index is 0.000000164. The first-order chi connectivity index (χ1) is 31.9. The van der Waals surface area contributed by atoms with Crippen LogP contribution in [0.5, 0.6) is 17.2 Å². The van der Waals surface area contributed by atoms with Crippen molar-refractivity contribution >= 4 is 45.5 Å². The Kier molecular flexibility index (Phi) is 14.2. The highest BCUT2D eigenvalue weighted by atomic mass is 35.5. The average molecular weight is 914 g/mol. The number of hydrogen-bond donors (Lipinski definition) is 2. The normalized spacial score (nSPS) is 14.6. The zero-order valence-corrected chi connectivity index (χ0v) is 37.9. The first kappa shape index (κ1) is 44.2. The van der Waals surface area contributed by atoms with E-state index in [2.05, 4.69) is 65.9 Å². The molecular formula is C50H50Cl2N8O5. The molecule has 4 aromatic heterocycles. The van der Waals surface area contributed by atoms with Gasteiger partial charge in [-0.1, -0.05) is 65.2 Å². The van der Waals surface area contributed by atoms with E-state index in [1.165, 1.54) is 5.56 Å². The summed E-state index contributed by atoms with van der Waals surface area (Å²) in [6.45, 7) is 12.2. The van der Waals surface area contributed by atoms with E-state index in [-0.39, 0.29) is 0 Å². The zero-order valence-electron chi connectivity index (χ0n) is 36.4. The van der Waals surface area contributed by atoms with Crippen LogP contribution in [-0.4, -0.2) is 126 Å². The molecule has 334 valence electrons. The molecular weight excluding hydrogens is 864 g/mol. The summed E-state index contributed by atoms with van der Waals surface area (Å²) in [5.41, 5.74) is 9.73. The van der Waals surface area contributed by atoms with Crippen molar-refractivity contribution in [2.24, 2.45) is 0 Å². The minimum absolute atomic E-state index is 0.551. The minimum Gasteiger partial charge on any atom is -0.497 e. The second kappa shape index (κ2) is 20.8. The van der Waals surface area contributed by atoms with Crippen LogP contribution in [0.3, 0.4) is 0 Å². The highest BCUT2D eigenvalue weighted by molar-refractivity contribution is 6.35. The van der Waals surface area contributed by atoms with Crippen molar-refractivity contribution in [3.8, 4) is 62.3 Å². The molecule has 10 rings (SSSR count). The molecule has 0 radical (unpaired) electrons. The summed E-state index contributed by atoms with van der Waals surface area (Å²) in [5.74, 6) is 3.92. The van der Waals surface area contributed by atoms with E-state index in [0.29, 0.717) is 34.6 Å². The van der Waals surface area contributed by atoms with E-state index in [0.717, 1.165) is 139 Å². The number of fused-ring (bicyclic) bond motifs is 2. The van der Waals surface area contributed by atoms with Crippen LogP contribution in [0.4, 0.5) is 0 Å². The van der Waals surface area contributed by atoms with Gasteiger partial charge in [-0.15, -0.1) is 0 Å². The smallest absolute Gasteiger partial charge is 0.178 e. The number of aromatic amines is 2. The molecule has 0 bridgehead atoms. The molecule has 2 aliphatic rings. The van der Waals surface area contributed by atoms with Crippen molar-refractivity contribution in [2.75, 3.05) is 86.0 Å². The van der Waals surface area contributed by atoms with Gasteiger partial charge in [0.25, 0.3) is 0 Å². The van der Waals surface area contributed by atoms with Gasteiger partial charge in [0.15, 0.2) is 11.3 Å². The molecule has 65 heavy (non-hydrogen) atoms. The van der Waals surface area contributed by atoms with Gasteiger partial charge in [0.2, 0.25) is 0 Å². The topological polar surface area (TPSA) is 136 Å². The second-order valence-electron chi connectivity index (χ2n) is 15.8. The van der Waals surface area contributed by atoms with E-state index in [4.69, 9.17) is 51.9 Å². The number of benzene rings is 4. The first-order valence-corrected chi connectivity index (χ1v) is 22.5. The van der Waals surface area contributed by atoms with Gasteiger partial charge in [0, 0.05) is 73.9 Å². The largest absolute Gasteiger partial charge is 0.497 e. The Morgan fingerprint density at radius 2 is 1.03 bits per heavy atom. The lowest BCUT2D eigenvalue weighted by molar-refractivity contribution is 0.0321. The maximum Gasteiger partial charge on any atom is 0.178 e. The molecule has 2 aliphatic heterocycles. The van der Waals surface area contributed by atoms with Gasteiger partial charge >= 0.3 is 0 Å². The Morgan fingerprint density at radius 3 is 1.51 bits per heavy atom. The minimum atomic E-state index is 0.551. The Labute approximate surface area is 387 Å². The number of hydrogen-bond acceptors (Lipinski definition) is 11. The summed E-state index contributed by atoms with van der Waals surface area (Å²) in [4.78, 5) is 29.8. The number of ether oxygens (including phenoxy) is 5. The van der Waals surface area contributed by atoms with Crippen molar-refractivity contribution in [3.05, 3.63) is 125 Å². The van der Waals surface area contributed by atoms with E-state index < -0.39 is 0 Å². The third-order valence-electron chi connectivity index (χ3n) is 11.5. The van der Waals surface area contributed by atoms with E-state index in [1.54, 1.807) is 19.5 Å². The van der Waals surface area contributed by atoms with Gasteiger partial charge in [-0.3, -0.25) is 9.80 Å². The number of nitrogens with one attached hydrogen (secondary N) is 2. The fourth-order valence-electron chi connectivity index (χ4n) is 7.86. The summed E-state index contributed by atoms with van der Waals surface area (Å²) in [6, 6.07) is 32.0. The summed E-state index contributed by atoms with van der Waals surface area (Å²) >= 11 is 13.1. The molecule has 15 heteroatoms. The number of morpholine rings is 2. The predicted octanol–water partition coefficient (Wildman–Crippen LogP) is 9.63. The van der Waals surface area contributed by atoms with Crippen LogP contribution in [0.15, 0.2) is 109 Å². The molecule has 2 fully saturated rings. The lowest BCUT2D eigenvalue weighted by atomic mass is 10.0. The molecule has 6 heterocycles. The zero-order chi connectivity index (χ0) is 44.5. The maximum absolute atomic E-state index is 6.54. The van der Waals surface area contributed by atoms with Crippen LogP contribution < -0.4 is 14.2 Å². The average Bonchev–Trinajstić information content (AvgIpc) is 3.99. The van der Waals surface area contributed by atoms with Crippen molar-refractivity contribution in [3.63, 3.8) is 0 Å². The molecule has 4 aromatic carbocycles. The third kappa shape index (κ3) is 10.7. The van der Waals surface area contributed by atoms with Crippen LogP contribution >= 0.6 is 23.2 Å². The summed E-state index contributed by atoms with van der Waals surface area (Å²) in [5, 5.41) is 1.15. The van der Waals surface area contributed by atoms with Gasteiger partial charge in [-0.2, -0.15) is 0 Å². The maximum atomic E-state index is 6.54. The second-order valence-corrected chi connectivity index (χ2v) is 16.6. The lowest BCUT2D eigenvalue weighted by Crippen LogP contribution is -2.38. The number of halogens is 2. The predicted molar refractivity (Wildman–Crippen MR) is 256 cm³/mol. The SMILES string of the molecule is COc1cccc(-c2c(Cl)cnc3nc(-c4ccc(OCCN5CCOCC5)cc4)[nH]c23)c1.Cc1ccc(-c2c(Cl)cnc3nc(-c4ccc(OCCN5CCOCC5)cc4)[nH]c23)cc1. The summed E-state index contributed by atoms with van der Waals surface area (Å²) < 4.78 is 28.0. The standard InChI is InChI=1S/C25H25ClN4O3.C25H25ClN4O2/c1-31-20-4-2-3-18(15-20)22-21(26)16-27-25-23(22)28-24(29-25)17-5-7-19(8-6-17)33-14-11-30-9-12-32-13-10-30;1-17-2-4-18(5-3-17)22-21(26)16-27-25-23(22)28-24(29-25)19-6-8-20(9-7-19)32-15-12-30-10-13-31-14-11-30/h2-8,15-16H,9-14H2,1H3,(H,27,28,29);2-9,16H,10-15H2,1H3,(H,27,28,29). The highest BCUT2D eigenvalue weighted by Gasteiger charge is 2.18. The molecule has 0 atom stereocenters. The quantitative estimate of drug-likeness (QED) is 0.115. The molecule has 0 saturated carbocycles. The summed E-state index contributed by atoms with van der Waals surface area (Å²) in [6.07, 6.45) is 3.30. The molecule has 0 amide bonds. The van der Waals surface area contributed by atoms with E-state index in [1.807, 2.05) is 72.8 Å². The Bertz CT molecular complexity index is 2820.